The molecule has 2 heterocycles. The maximum atomic E-state index is 12.4. The van der Waals surface area contributed by atoms with Gasteiger partial charge in [0.05, 0.1) is 11.5 Å². The molecule has 1 fully saturated rings. The fraction of sp³-hybridized carbons (Fsp3) is 0.500. The monoisotopic (exact) mass is 424 g/mol. The fourth-order valence-electron chi connectivity index (χ4n) is 2.99. The predicted octanol–water partition coefficient (Wildman–Crippen LogP) is 2.99. The van der Waals surface area contributed by atoms with Crippen molar-refractivity contribution in [1.29, 1.82) is 0 Å². The van der Waals surface area contributed by atoms with Gasteiger partial charge in [-0.15, -0.1) is 10.2 Å². The molecule has 1 aromatic heterocycles. The van der Waals surface area contributed by atoms with E-state index in [4.69, 9.17) is 4.42 Å². The summed E-state index contributed by atoms with van der Waals surface area (Å²) in [4.78, 5) is 14.3. The van der Waals surface area contributed by atoms with Gasteiger partial charge in [0.25, 0.3) is 5.22 Å². The molecule has 1 atom stereocenters. The molecule has 0 saturated carbocycles. The molecule has 0 bridgehead atoms. The zero-order valence-electron chi connectivity index (χ0n) is 15.9. The number of sulfonamides is 1. The van der Waals surface area contributed by atoms with Crippen molar-refractivity contribution in [2.45, 2.75) is 44.4 Å². The number of piperidine rings is 1. The first-order valence-electron chi connectivity index (χ1n) is 9.24. The van der Waals surface area contributed by atoms with Crippen molar-refractivity contribution in [3.05, 3.63) is 24.3 Å². The van der Waals surface area contributed by atoms with Crippen molar-refractivity contribution in [2.24, 2.45) is 0 Å². The van der Waals surface area contributed by atoms with E-state index in [1.807, 2.05) is 4.90 Å². The molecule has 1 aromatic carbocycles. The molecule has 0 spiro atoms. The quantitative estimate of drug-likeness (QED) is 0.681. The van der Waals surface area contributed by atoms with E-state index >= 15 is 0 Å². The van der Waals surface area contributed by atoms with Gasteiger partial charge in [-0.25, -0.2) is 8.42 Å². The summed E-state index contributed by atoms with van der Waals surface area (Å²) in [6.45, 7) is 4.46. The van der Waals surface area contributed by atoms with Crippen LogP contribution in [0.15, 0.2) is 33.9 Å². The van der Waals surface area contributed by atoms with Gasteiger partial charge in [-0.05, 0) is 57.4 Å². The molecule has 0 aliphatic carbocycles. The summed E-state index contributed by atoms with van der Waals surface area (Å²) >= 11 is 1.23. The lowest BCUT2D eigenvalue weighted by molar-refractivity contribution is -0.131. The Kier molecular flexibility index (Phi) is 6.61. The number of thioether (sulfide) groups is 1. The van der Waals surface area contributed by atoms with Crippen molar-refractivity contribution in [1.82, 2.24) is 15.1 Å². The van der Waals surface area contributed by atoms with E-state index in [9.17, 15) is 13.2 Å². The van der Waals surface area contributed by atoms with Crippen LogP contribution in [-0.4, -0.2) is 53.5 Å². The second-order valence-electron chi connectivity index (χ2n) is 6.68. The van der Waals surface area contributed by atoms with Gasteiger partial charge in [0.2, 0.25) is 21.8 Å². The number of benzene rings is 1. The highest BCUT2D eigenvalue weighted by Gasteiger charge is 2.23. The van der Waals surface area contributed by atoms with Gasteiger partial charge in [-0.1, -0.05) is 11.8 Å². The Morgan fingerprint density at radius 1 is 1.29 bits per heavy atom. The maximum Gasteiger partial charge on any atom is 0.277 e. The van der Waals surface area contributed by atoms with E-state index in [1.165, 1.54) is 18.2 Å². The lowest BCUT2D eigenvalue weighted by Gasteiger charge is -2.33. The van der Waals surface area contributed by atoms with Gasteiger partial charge in [0, 0.05) is 23.8 Å². The van der Waals surface area contributed by atoms with Crippen LogP contribution in [0.4, 0.5) is 5.69 Å². The average Bonchev–Trinajstić information content (AvgIpc) is 3.16. The van der Waals surface area contributed by atoms with Gasteiger partial charge in [0.1, 0.15) is 0 Å². The molecular formula is C18H24N4O4S2. The van der Waals surface area contributed by atoms with Crippen molar-refractivity contribution < 1.29 is 17.6 Å². The Bertz CT molecular complexity index is 912. The van der Waals surface area contributed by atoms with Crippen LogP contribution in [0.25, 0.3) is 11.5 Å². The zero-order valence-corrected chi connectivity index (χ0v) is 17.6. The number of carbonyl (C=O) groups excluding carboxylic acids is 1. The molecule has 1 aliphatic heterocycles. The molecule has 1 saturated heterocycles. The SMILES string of the molecule is CCS(=O)(=O)Nc1ccc(-c2nnc(SCC(=O)N3CCCC[C@@H]3C)o2)cc1. The molecule has 1 aliphatic rings. The van der Waals surface area contributed by atoms with Crippen molar-refractivity contribution >= 4 is 33.4 Å². The number of hydrogen-bond acceptors (Lipinski definition) is 7. The number of nitrogens with zero attached hydrogens (tertiary/aromatic N) is 3. The topological polar surface area (TPSA) is 105 Å². The molecule has 152 valence electrons. The minimum Gasteiger partial charge on any atom is -0.411 e. The molecule has 1 amide bonds. The summed E-state index contributed by atoms with van der Waals surface area (Å²) in [5.74, 6) is 0.688. The van der Waals surface area contributed by atoms with E-state index in [0.717, 1.165) is 19.4 Å². The number of hydrogen-bond donors (Lipinski definition) is 1. The third-order valence-electron chi connectivity index (χ3n) is 4.63. The largest absolute Gasteiger partial charge is 0.411 e. The number of aromatic nitrogens is 2. The fourth-order valence-corrected chi connectivity index (χ4v) is 4.28. The minimum absolute atomic E-state index is 0.00786. The normalized spacial score (nSPS) is 17.5. The lowest BCUT2D eigenvalue weighted by Crippen LogP contribution is -2.42. The Morgan fingerprint density at radius 3 is 2.71 bits per heavy atom. The molecule has 10 heteroatoms. The maximum absolute atomic E-state index is 12.4. The van der Waals surface area contributed by atoms with E-state index in [1.54, 1.807) is 31.2 Å². The standard InChI is InChI=1S/C18H24N4O4S2/c1-3-28(24,25)21-15-9-7-14(8-10-15)17-19-20-18(26-17)27-12-16(23)22-11-5-4-6-13(22)2/h7-10,13,21H,3-6,11-12H2,1-2H3/t13-/m0/s1. The average molecular weight is 425 g/mol. The van der Waals surface area contributed by atoms with Crippen LogP contribution in [0.5, 0.6) is 0 Å². The number of nitrogens with one attached hydrogen (secondary N) is 1. The zero-order chi connectivity index (χ0) is 20.1. The summed E-state index contributed by atoms with van der Waals surface area (Å²) in [7, 11) is -3.32. The minimum atomic E-state index is -3.32. The van der Waals surface area contributed by atoms with Crippen LogP contribution in [0.1, 0.15) is 33.1 Å². The van der Waals surface area contributed by atoms with Gasteiger partial charge >= 0.3 is 0 Å². The summed E-state index contributed by atoms with van der Waals surface area (Å²) in [6, 6.07) is 6.97. The highest BCUT2D eigenvalue weighted by Crippen LogP contribution is 2.25. The molecule has 0 unspecified atom stereocenters. The number of rotatable bonds is 7. The summed E-state index contributed by atoms with van der Waals surface area (Å²) in [5.41, 5.74) is 1.15. The number of carbonyl (C=O) groups is 1. The Labute approximate surface area is 169 Å². The number of amides is 1. The van der Waals surface area contributed by atoms with Crippen LogP contribution in [0.2, 0.25) is 0 Å². The van der Waals surface area contributed by atoms with Crippen molar-refractivity contribution in [3.8, 4) is 11.5 Å². The molecule has 0 radical (unpaired) electrons. The van der Waals surface area contributed by atoms with Crippen LogP contribution < -0.4 is 4.72 Å². The van der Waals surface area contributed by atoms with Crippen molar-refractivity contribution in [3.63, 3.8) is 0 Å². The molecule has 28 heavy (non-hydrogen) atoms. The van der Waals surface area contributed by atoms with Gasteiger partial charge in [-0.2, -0.15) is 0 Å². The smallest absolute Gasteiger partial charge is 0.277 e. The highest BCUT2D eigenvalue weighted by atomic mass is 32.2. The van der Waals surface area contributed by atoms with E-state index < -0.39 is 10.0 Å². The molecule has 2 aromatic rings. The Morgan fingerprint density at radius 2 is 2.04 bits per heavy atom. The lowest BCUT2D eigenvalue weighted by atomic mass is 10.0. The number of likely N-dealkylation sites (tertiary alicyclic amines) is 1. The van der Waals surface area contributed by atoms with E-state index in [-0.39, 0.29) is 23.5 Å². The summed E-state index contributed by atoms with van der Waals surface area (Å²) < 4.78 is 31.3. The van der Waals surface area contributed by atoms with Gasteiger partial charge in [-0.3, -0.25) is 9.52 Å². The van der Waals surface area contributed by atoms with Crippen LogP contribution >= 0.6 is 11.8 Å². The Hall–Kier alpha value is -2.07. The third-order valence-corrected chi connectivity index (χ3v) is 6.74. The van der Waals surface area contributed by atoms with Gasteiger partial charge < -0.3 is 9.32 Å². The molecule has 8 nitrogen and oxygen atoms in total. The third kappa shape index (κ3) is 5.26. The number of anilines is 1. The van der Waals surface area contributed by atoms with Gasteiger partial charge in [0.15, 0.2) is 0 Å². The van der Waals surface area contributed by atoms with E-state index in [0.29, 0.717) is 22.4 Å². The summed E-state index contributed by atoms with van der Waals surface area (Å²) in [5, 5.41) is 8.34. The first-order valence-corrected chi connectivity index (χ1v) is 11.9. The molecule has 1 N–H and O–H groups in total. The summed E-state index contributed by atoms with van der Waals surface area (Å²) in [6.07, 6.45) is 3.27. The first-order chi connectivity index (χ1) is 13.4. The van der Waals surface area contributed by atoms with E-state index in [2.05, 4.69) is 21.8 Å². The predicted molar refractivity (Wildman–Crippen MR) is 109 cm³/mol. The van der Waals surface area contributed by atoms with Crippen molar-refractivity contribution in [2.75, 3.05) is 22.8 Å². The Balaban J connectivity index is 1.58. The van der Waals surface area contributed by atoms with Crippen LogP contribution in [0.3, 0.4) is 0 Å². The second kappa shape index (κ2) is 8.95. The van der Waals surface area contributed by atoms with Crippen LogP contribution in [0, 0.1) is 0 Å². The van der Waals surface area contributed by atoms with Crippen LogP contribution in [-0.2, 0) is 14.8 Å². The molecule has 3 rings (SSSR count). The molecular weight excluding hydrogens is 400 g/mol. The second-order valence-corrected chi connectivity index (χ2v) is 9.61. The first kappa shape index (κ1) is 20.7. The highest BCUT2D eigenvalue weighted by molar-refractivity contribution is 7.99.